The Morgan fingerprint density at radius 1 is 1.50 bits per heavy atom. The van der Waals surface area contributed by atoms with Gasteiger partial charge in [-0.05, 0) is 33.0 Å². The van der Waals surface area contributed by atoms with Gasteiger partial charge in [-0.25, -0.2) is 0 Å². The average molecular weight is 221 g/mol. The van der Waals surface area contributed by atoms with Crippen molar-refractivity contribution in [3.05, 3.63) is 23.3 Å². The fourth-order valence-corrected chi connectivity index (χ4v) is 2.15. The Bertz CT molecular complexity index is 376. The molecule has 0 aromatic heterocycles. The first kappa shape index (κ1) is 11.3. The monoisotopic (exact) mass is 221 g/mol. The van der Waals surface area contributed by atoms with E-state index in [0.29, 0.717) is 6.61 Å². The Labute approximate surface area is 96.8 Å². The van der Waals surface area contributed by atoms with Gasteiger partial charge in [0.05, 0.1) is 6.61 Å². The molecule has 0 bridgehead atoms. The molecule has 1 aliphatic heterocycles. The van der Waals surface area contributed by atoms with Crippen LogP contribution >= 0.6 is 0 Å². The zero-order valence-corrected chi connectivity index (χ0v) is 10.2. The van der Waals surface area contributed by atoms with E-state index in [2.05, 4.69) is 24.4 Å². The topological polar surface area (TPSA) is 30.5 Å². The van der Waals surface area contributed by atoms with Gasteiger partial charge in [-0.1, -0.05) is 0 Å². The Morgan fingerprint density at radius 3 is 3.00 bits per heavy atom. The molecule has 1 unspecified atom stereocenters. The largest absolute Gasteiger partial charge is 0.494 e. The summed E-state index contributed by atoms with van der Waals surface area (Å²) in [5.41, 5.74) is 2.46. The van der Waals surface area contributed by atoms with Crippen LogP contribution in [0.15, 0.2) is 12.1 Å². The van der Waals surface area contributed by atoms with Crippen molar-refractivity contribution in [1.29, 1.82) is 0 Å². The second kappa shape index (κ2) is 4.74. The lowest BCUT2D eigenvalue weighted by molar-refractivity contribution is 0.252. The van der Waals surface area contributed by atoms with E-state index in [4.69, 9.17) is 9.47 Å². The lowest BCUT2D eigenvalue weighted by atomic mass is 10.1. The van der Waals surface area contributed by atoms with Crippen LogP contribution < -0.4 is 14.8 Å². The summed E-state index contributed by atoms with van der Waals surface area (Å²) >= 11 is 0. The molecule has 88 valence electrons. The highest BCUT2D eigenvalue weighted by molar-refractivity contribution is 5.49. The summed E-state index contributed by atoms with van der Waals surface area (Å²) in [6.07, 6.45) is 1.26. The third kappa shape index (κ3) is 2.14. The number of nitrogens with one attached hydrogen (secondary N) is 1. The Balaban J connectivity index is 2.35. The molecule has 16 heavy (non-hydrogen) atoms. The van der Waals surface area contributed by atoms with Crippen LogP contribution in [0.2, 0.25) is 0 Å². The molecule has 0 aliphatic carbocycles. The third-order valence-corrected chi connectivity index (χ3v) is 2.72. The maximum absolute atomic E-state index is 5.83. The van der Waals surface area contributed by atoms with Crippen molar-refractivity contribution in [3.63, 3.8) is 0 Å². The van der Waals surface area contributed by atoms with Crippen LogP contribution in [0.5, 0.6) is 11.5 Å². The predicted molar refractivity (Wildman–Crippen MR) is 64.2 cm³/mol. The fraction of sp³-hybridized carbons (Fsp3) is 0.538. The van der Waals surface area contributed by atoms with Crippen LogP contribution in [0.3, 0.4) is 0 Å². The summed E-state index contributed by atoms with van der Waals surface area (Å²) in [6, 6.07) is 4.17. The predicted octanol–water partition coefficient (Wildman–Crippen LogP) is 2.13. The van der Waals surface area contributed by atoms with E-state index >= 15 is 0 Å². The quantitative estimate of drug-likeness (QED) is 0.845. The summed E-state index contributed by atoms with van der Waals surface area (Å²) < 4.78 is 11.4. The molecule has 3 heteroatoms. The molecular formula is C13H19NO2. The second-order valence-corrected chi connectivity index (χ2v) is 4.17. The van der Waals surface area contributed by atoms with Crippen LogP contribution in [-0.4, -0.2) is 19.8 Å². The molecule has 0 spiro atoms. The van der Waals surface area contributed by atoms with Gasteiger partial charge in [0, 0.05) is 24.1 Å². The van der Waals surface area contributed by atoms with E-state index in [-0.39, 0.29) is 6.10 Å². The molecule has 1 aromatic carbocycles. The van der Waals surface area contributed by atoms with Crippen LogP contribution in [-0.2, 0) is 13.0 Å². The van der Waals surface area contributed by atoms with Gasteiger partial charge in [-0.2, -0.15) is 0 Å². The molecule has 1 aliphatic rings. The number of rotatable bonds is 4. The molecule has 2 rings (SSSR count). The summed E-state index contributed by atoms with van der Waals surface area (Å²) in [5, 5.41) is 3.16. The highest BCUT2D eigenvalue weighted by Gasteiger charge is 2.23. The SMILES string of the molecule is CCOc1cc(CNC)c2c(c1)CC(C)O2. The van der Waals surface area contributed by atoms with Gasteiger partial charge < -0.3 is 14.8 Å². The van der Waals surface area contributed by atoms with E-state index in [9.17, 15) is 0 Å². The van der Waals surface area contributed by atoms with E-state index in [1.54, 1.807) is 0 Å². The first-order chi connectivity index (χ1) is 7.74. The standard InChI is InChI=1S/C13H19NO2/c1-4-15-12-6-10-5-9(2)16-13(10)11(7-12)8-14-3/h6-7,9,14H,4-5,8H2,1-3H3. The maximum Gasteiger partial charge on any atom is 0.127 e. The number of fused-ring (bicyclic) bond motifs is 1. The molecule has 1 N–H and O–H groups in total. The molecule has 1 atom stereocenters. The average Bonchev–Trinajstić information content (AvgIpc) is 2.60. The summed E-state index contributed by atoms with van der Waals surface area (Å²) in [7, 11) is 1.94. The zero-order valence-electron chi connectivity index (χ0n) is 10.2. The minimum absolute atomic E-state index is 0.280. The van der Waals surface area contributed by atoms with Gasteiger partial charge in [-0.15, -0.1) is 0 Å². The Morgan fingerprint density at radius 2 is 2.31 bits per heavy atom. The molecule has 1 aromatic rings. The van der Waals surface area contributed by atoms with Crippen molar-refractivity contribution in [2.24, 2.45) is 0 Å². The first-order valence-corrected chi connectivity index (χ1v) is 5.84. The lowest BCUT2D eigenvalue weighted by Gasteiger charge is -2.11. The van der Waals surface area contributed by atoms with Gasteiger partial charge in [0.15, 0.2) is 0 Å². The molecule has 0 saturated heterocycles. The summed E-state index contributed by atoms with van der Waals surface area (Å²) in [6.45, 7) is 5.62. The maximum atomic E-state index is 5.83. The van der Waals surface area contributed by atoms with Crippen molar-refractivity contribution in [3.8, 4) is 11.5 Å². The van der Waals surface area contributed by atoms with Crippen LogP contribution in [0.25, 0.3) is 0 Å². The molecule has 0 saturated carbocycles. The van der Waals surface area contributed by atoms with Gasteiger partial charge in [0.2, 0.25) is 0 Å². The zero-order chi connectivity index (χ0) is 11.5. The van der Waals surface area contributed by atoms with Crippen LogP contribution in [0.4, 0.5) is 0 Å². The summed E-state index contributed by atoms with van der Waals surface area (Å²) in [4.78, 5) is 0. The van der Waals surface area contributed by atoms with Crippen molar-refractivity contribution in [2.45, 2.75) is 32.9 Å². The Hall–Kier alpha value is -1.22. The van der Waals surface area contributed by atoms with E-state index < -0.39 is 0 Å². The number of hydrogen-bond acceptors (Lipinski definition) is 3. The Kier molecular flexibility index (Phi) is 3.34. The van der Waals surface area contributed by atoms with E-state index in [0.717, 1.165) is 24.5 Å². The molecule has 0 amide bonds. The molecule has 0 fully saturated rings. The molecular weight excluding hydrogens is 202 g/mol. The van der Waals surface area contributed by atoms with E-state index in [1.165, 1.54) is 11.1 Å². The normalized spacial score (nSPS) is 18.1. The number of ether oxygens (including phenoxy) is 2. The van der Waals surface area contributed by atoms with Crippen molar-refractivity contribution < 1.29 is 9.47 Å². The lowest BCUT2D eigenvalue weighted by Crippen LogP contribution is -2.09. The third-order valence-electron chi connectivity index (χ3n) is 2.72. The highest BCUT2D eigenvalue weighted by Crippen LogP contribution is 2.36. The highest BCUT2D eigenvalue weighted by atomic mass is 16.5. The number of benzene rings is 1. The van der Waals surface area contributed by atoms with Gasteiger partial charge in [0.1, 0.15) is 17.6 Å². The first-order valence-electron chi connectivity index (χ1n) is 5.84. The van der Waals surface area contributed by atoms with E-state index in [1.807, 2.05) is 14.0 Å². The fourth-order valence-electron chi connectivity index (χ4n) is 2.15. The molecule has 3 nitrogen and oxygen atoms in total. The van der Waals surface area contributed by atoms with Crippen LogP contribution in [0, 0.1) is 0 Å². The summed E-state index contributed by atoms with van der Waals surface area (Å²) in [5.74, 6) is 1.99. The van der Waals surface area contributed by atoms with Crippen LogP contribution in [0.1, 0.15) is 25.0 Å². The minimum atomic E-state index is 0.280. The molecule has 0 radical (unpaired) electrons. The molecule has 1 heterocycles. The van der Waals surface area contributed by atoms with Crippen molar-refractivity contribution >= 4 is 0 Å². The smallest absolute Gasteiger partial charge is 0.127 e. The van der Waals surface area contributed by atoms with Crippen molar-refractivity contribution in [1.82, 2.24) is 5.32 Å². The number of hydrogen-bond donors (Lipinski definition) is 1. The van der Waals surface area contributed by atoms with Crippen molar-refractivity contribution in [2.75, 3.05) is 13.7 Å². The second-order valence-electron chi connectivity index (χ2n) is 4.17. The van der Waals surface area contributed by atoms with Gasteiger partial charge in [-0.3, -0.25) is 0 Å². The minimum Gasteiger partial charge on any atom is -0.494 e. The van der Waals surface area contributed by atoms with Gasteiger partial charge >= 0.3 is 0 Å². The van der Waals surface area contributed by atoms with Gasteiger partial charge in [0.25, 0.3) is 0 Å².